The number of amides is 6. The van der Waals surface area contributed by atoms with E-state index in [4.69, 9.17) is 19.3 Å². The summed E-state index contributed by atoms with van der Waals surface area (Å²) in [6.07, 6.45) is 0.490. The number of para-hydroxylation sites is 2. The standard InChI is InChI=1S/C33H40N4O7.C16H16N2O3/c1-23-8-5-6-9-28(23)36-33(41)34-26-14-10-24(11-15-26)20-31(39)37(18-7-19-42-2)22-30(38)35-29(21-32(40)44-4)25-12-16-27(43-3)17-13-25;1-11-4-2-3-5-14(11)18-16(21)17-13-8-6-12(7-9-13)10-15(19)20/h5-6,8-17,29H,7,18-22H2,1-4H3,(H,35,38)(H2,34,36,41);2-9H,10H2,1H3,(H,19,20)(H2,17,18,21)/t29-;/m0./s1. The average molecular weight is 889 g/mol. The second-order valence-electron chi connectivity index (χ2n) is 14.8. The lowest BCUT2D eigenvalue weighted by molar-refractivity contribution is -0.142. The average Bonchev–Trinajstić information content (AvgIpc) is 3.28. The lowest BCUT2D eigenvalue weighted by Crippen LogP contribution is -2.43. The molecule has 5 rings (SSSR count). The molecule has 5 aromatic rings. The van der Waals surface area contributed by atoms with Gasteiger partial charge in [0.25, 0.3) is 0 Å². The van der Waals surface area contributed by atoms with Crippen LogP contribution in [0, 0.1) is 13.8 Å². The highest BCUT2D eigenvalue weighted by molar-refractivity contribution is 6.01. The number of aryl methyl sites for hydroxylation is 2. The lowest BCUT2D eigenvalue weighted by atomic mass is 10.0. The van der Waals surface area contributed by atoms with Gasteiger partial charge in [0.05, 0.1) is 46.1 Å². The van der Waals surface area contributed by atoms with Crippen molar-refractivity contribution in [2.24, 2.45) is 0 Å². The van der Waals surface area contributed by atoms with Gasteiger partial charge in [-0.15, -0.1) is 0 Å². The molecule has 0 unspecified atom stereocenters. The van der Waals surface area contributed by atoms with Crippen molar-refractivity contribution in [3.8, 4) is 5.75 Å². The summed E-state index contributed by atoms with van der Waals surface area (Å²) in [6.45, 7) is 4.35. The number of nitrogens with zero attached hydrogens (tertiary/aromatic N) is 1. The number of urea groups is 2. The quantitative estimate of drug-likeness (QED) is 0.0350. The summed E-state index contributed by atoms with van der Waals surface area (Å²) in [5, 5.41) is 22.6. The molecule has 0 spiro atoms. The van der Waals surface area contributed by atoms with Crippen LogP contribution in [0.4, 0.5) is 32.3 Å². The van der Waals surface area contributed by atoms with E-state index in [1.54, 1.807) is 87.0 Å². The molecule has 1 atom stereocenters. The summed E-state index contributed by atoms with van der Waals surface area (Å²) in [4.78, 5) is 74.9. The van der Waals surface area contributed by atoms with E-state index in [0.29, 0.717) is 53.5 Å². The monoisotopic (exact) mass is 888 g/mol. The predicted molar refractivity (Wildman–Crippen MR) is 249 cm³/mol. The molecule has 0 fully saturated rings. The Morgan fingerprint density at radius 2 is 1.14 bits per heavy atom. The molecule has 16 heteroatoms. The molecular weight excluding hydrogens is 833 g/mol. The minimum atomic E-state index is -0.881. The molecule has 0 saturated heterocycles. The first-order chi connectivity index (χ1) is 31.3. The van der Waals surface area contributed by atoms with E-state index < -0.39 is 23.9 Å². The minimum Gasteiger partial charge on any atom is -0.497 e. The van der Waals surface area contributed by atoms with E-state index in [0.717, 1.165) is 22.4 Å². The van der Waals surface area contributed by atoms with Gasteiger partial charge in [0.15, 0.2) is 0 Å². The zero-order chi connectivity index (χ0) is 47.1. The topological polar surface area (TPSA) is 214 Å². The summed E-state index contributed by atoms with van der Waals surface area (Å²) in [5.74, 6) is -1.39. The van der Waals surface area contributed by atoms with Gasteiger partial charge >= 0.3 is 24.0 Å². The third-order valence-corrected chi connectivity index (χ3v) is 9.84. The number of hydrogen-bond acceptors (Lipinski definition) is 9. The Kier molecular flexibility index (Phi) is 20.0. The van der Waals surface area contributed by atoms with E-state index in [2.05, 4.69) is 26.6 Å². The summed E-state index contributed by atoms with van der Waals surface area (Å²) >= 11 is 0. The maximum atomic E-state index is 13.3. The van der Waals surface area contributed by atoms with Crippen LogP contribution in [0.15, 0.2) is 121 Å². The fourth-order valence-electron chi connectivity index (χ4n) is 6.31. The third kappa shape index (κ3) is 17.5. The van der Waals surface area contributed by atoms with Crippen molar-refractivity contribution in [3.63, 3.8) is 0 Å². The van der Waals surface area contributed by atoms with E-state index in [-0.39, 0.29) is 43.8 Å². The van der Waals surface area contributed by atoms with Crippen LogP contribution in [0.3, 0.4) is 0 Å². The number of hydrogen-bond donors (Lipinski definition) is 6. The van der Waals surface area contributed by atoms with Crippen LogP contribution >= 0.6 is 0 Å². The van der Waals surface area contributed by atoms with Crippen LogP contribution < -0.4 is 31.3 Å². The van der Waals surface area contributed by atoms with E-state index in [9.17, 15) is 28.8 Å². The number of rotatable bonds is 19. The highest BCUT2D eigenvalue weighted by atomic mass is 16.5. The molecular formula is C49H56N6O10. The second-order valence-corrected chi connectivity index (χ2v) is 14.8. The number of carboxylic acid groups (broad SMARTS) is 1. The maximum Gasteiger partial charge on any atom is 0.323 e. The zero-order valence-corrected chi connectivity index (χ0v) is 37.1. The van der Waals surface area contributed by atoms with Crippen molar-refractivity contribution in [1.29, 1.82) is 0 Å². The molecule has 6 amide bonds. The smallest absolute Gasteiger partial charge is 0.323 e. The summed E-state index contributed by atoms with van der Waals surface area (Å²) in [5.41, 5.74) is 6.66. The van der Waals surface area contributed by atoms with Crippen molar-refractivity contribution in [3.05, 3.63) is 149 Å². The lowest BCUT2D eigenvalue weighted by Gasteiger charge is -2.25. The number of methoxy groups -OCH3 is 3. The van der Waals surface area contributed by atoms with Crippen molar-refractivity contribution >= 4 is 58.6 Å². The summed E-state index contributed by atoms with van der Waals surface area (Å²) in [7, 11) is 4.41. The summed E-state index contributed by atoms with van der Waals surface area (Å²) < 4.78 is 15.2. The zero-order valence-electron chi connectivity index (χ0n) is 37.1. The maximum absolute atomic E-state index is 13.3. The predicted octanol–water partition coefficient (Wildman–Crippen LogP) is 7.74. The van der Waals surface area contributed by atoms with Crippen LogP contribution in [0.25, 0.3) is 0 Å². The third-order valence-electron chi connectivity index (χ3n) is 9.84. The Morgan fingerprint density at radius 3 is 1.60 bits per heavy atom. The Bertz CT molecular complexity index is 2360. The molecule has 0 bridgehead atoms. The Balaban J connectivity index is 0.000000366. The van der Waals surface area contributed by atoms with Gasteiger partial charge in [-0.3, -0.25) is 19.2 Å². The van der Waals surface area contributed by atoms with Crippen LogP contribution in [-0.4, -0.2) is 86.8 Å². The molecule has 6 N–H and O–H groups in total. The molecule has 16 nitrogen and oxygen atoms in total. The number of benzene rings is 5. The van der Waals surface area contributed by atoms with E-state index >= 15 is 0 Å². The number of ether oxygens (including phenoxy) is 3. The molecule has 5 aromatic carbocycles. The van der Waals surface area contributed by atoms with Gasteiger partial charge in [-0.05, 0) is 96.6 Å². The molecule has 342 valence electrons. The van der Waals surface area contributed by atoms with Crippen molar-refractivity contribution in [1.82, 2.24) is 10.2 Å². The van der Waals surface area contributed by atoms with Crippen molar-refractivity contribution in [2.45, 2.75) is 45.6 Å². The fraction of sp³-hybridized carbons (Fsp3) is 0.265. The molecule has 0 radical (unpaired) electrons. The SMILES string of the molecule is COCCCN(CC(=O)N[C@@H](CC(=O)OC)c1ccc(OC)cc1)C(=O)Cc1ccc(NC(=O)Nc2ccccc2C)cc1.Cc1ccccc1NC(=O)Nc1ccc(CC(=O)O)cc1. The minimum absolute atomic E-state index is 0.0321. The van der Waals surface area contributed by atoms with E-state index in [1.807, 2.05) is 62.4 Å². The first-order valence-corrected chi connectivity index (χ1v) is 20.7. The number of aliphatic carboxylic acids is 1. The highest BCUT2D eigenvalue weighted by Crippen LogP contribution is 2.22. The van der Waals surface area contributed by atoms with Gasteiger partial charge in [0.1, 0.15) is 5.75 Å². The van der Waals surface area contributed by atoms with Crippen LogP contribution in [0.5, 0.6) is 5.75 Å². The fourth-order valence-corrected chi connectivity index (χ4v) is 6.31. The van der Waals surface area contributed by atoms with Gasteiger partial charge in [-0.25, -0.2) is 9.59 Å². The largest absolute Gasteiger partial charge is 0.497 e. The van der Waals surface area contributed by atoms with Crippen LogP contribution in [0.1, 0.15) is 46.7 Å². The normalized spacial score (nSPS) is 10.8. The molecule has 0 saturated carbocycles. The van der Waals surface area contributed by atoms with Crippen molar-refractivity contribution < 1.29 is 48.1 Å². The molecule has 0 aromatic heterocycles. The van der Waals surface area contributed by atoms with Gasteiger partial charge in [0.2, 0.25) is 11.8 Å². The molecule has 0 heterocycles. The molecule has 0 aliphatic heterocycles. The molecule has 0 aliphatic rings. The first kappa shape index (κ1) is 49.9. The van der Waals surface area contributed by atoms with Gasteiger partial charge in [-0.2, -0.15) is 0 Å². The Morgan fingerprint density at radius 1 is 0.631 bits per heavy atom. The molecule has 65 heavy (non-hydrogen) atoms. The van der Waals surface area contributed by atoms with Crippen LogP contribution in [0.2, 0.25) is 0 Å². The number of anilines is 4. The van der Waals surface area contributed by atoms with Crippen LogP contribution in [-0.2, 0) is 41.5 Å². The second kappa shape index (κ2) is 26.0. The number of carboxylic acids is 1. The van der Waals surface area contributed by atoms with Gasteiger partial charge in [0, 0.05) is 43.0 Å². The van der Waals surface area contributed by atoms with E-state index in [1.165, 1.54) is 12.0 Å². The number of carbonyl (C=O) groups excluding carboxylic acids is 5. The Labute approximate surface area is 378 Å². The van der Waals surface area contributed by atoms with Gasteiger partial charge < -0.3 is 50.8 Å². The van der Waals surface area contributed by atoms with Gasteiger partial charge in [-0.1, -0.05) is 72.8 Å². The first-order valence-electron chi connectivity index (χ1n) is 20.7. The Hall–Kier alpha value is -7.72. The number of carbonyl (C=O) groups is 6. The van der Waals surface area contributed by atoms with Crippen molar-refractivity contribution in [2.75, 3.05) is 62.3 Å². The summed E-state index contributed by atoms with van der Waals surface area (Å²) in [6, 6.07) is 34.3. The highest BCUT2D eigenvalue weighted by Gasteiger charge is 2.23. The molecule has 0 aliphatic carbocycles. The number of esters is 1. The number of nitrogens with one attached hydrogen (secondary N) is 5.